The van der Waals surface area contributed by atoms with Gasteiger partial charge in [0.2, 0.25) is 0 Å². The SMILES string of the molecule is CC1(C)OB(c2cccc3c2CCOC3)OC1(C)C. The highest BCUT2D eigenvalue weighted by molar-refractivity contribution is 6.62. The molecule has 0 N–H and O–H groups in total. The van der Waals surface area contributed by atoms with Crippen LogP contribution in [0.5, 0.6) is 0 Å². The van der Waals surface area contributed by atoms with Crippen molar-refractivity contribution in [3.63, 3.8) is 0 Å². The normalized spacial score (nSPS) is 24.3. The summed E-state index contributed by atoms with van der Waals surface area (Å²) in [6.45, 7) is 9.83. The van der Waals surface area contributed by atoms with Gasteiger partial charge in [0.05, 0.1) is 24.4 Å². The summed E-state index contributed by atoms with van der Waals surface area (Å²) >= 11 is 0. The van der Waals surface area contributed by atoms with E-state index in [-0.39, 0.29) is 18.3 Å². The first-order valence-corrected chi connectivity index (χ1v) is 6.95. The van der Waals surface area contributed by atoms with Gasteiger partial charge in [0.1, 0.15) is 0 Å². The standard InChI is InChI=1S/C15H21BO3/c1-14(2)15(3,4)19-16(18-14)13-7-5-6-11-10-17-9-8-12(11)13/h5-7H,8-10H2,1-4H3. The summed E-state index contributed by atoms with van der Waals surface area (Å²) in [5, 5.41) is 0. The molecule has 1 aromatic carbocycles. The third-order valence-corrected chi connectivity index (χ3v) is 4.57. The average molecular weight is 260 g/mol. The van der Waals surface area contributed by atoms with Gasteiger partial charge < -0.3 is 14.0 Å². The molecule has 0 aromatic heterocycles. The van der Waals surface area contributed by atoms with Crippen molar-refractivity contribution in [2.45, 2.75) is 51.9 Å². The van der Waals surface area contributed by atoms with E-state index in [1.54, 1.807) is 0 Å². The van der Waals surface area contributed by atoms with E-state index in [2.05, 4.69) is 45.9 Å². The molecule has 19 heavy (non-hydrogen) atoms. The highest BCUT2D eigenvalue weighted by atomic mass is 16.7. The Labute approximate surface area is 115 Å². The predicted octanol–water partition coefficient (Wildman–Crippen LogP) is 2.06. The lowest BCUT2D eigenvalue weighted by Gasteiger charge is -2.32. The van der Waals surface area contributed by atoms with Gasteiger partial charge in [0, 0.05) is 0 Å². The van der Waals surface area contributed by atoms with E-state index >= 15 is 0 Å². The maximum absolute atomic E-state index is 6.15. The Morgan fingerprint density at radius 3 is 2.42 bits per heavy atom. The summed E-state index contributed by atoms with van der Waals surface area (Å²) in [4.78, 5) is 0. The topological polar surface area (TPSA) is 27.7 Å². The van der Waals surface area contributed by atoms with E-state index in [0.717, 1.165) is 13.0 Å². The van der Waals surface area contributed by atoms with E-state index in [0.29, 0.717) is 6.61 Å². The second-order valence-corrected chi connectivity index (χ2v) is 6.38. The Balaban J connectivity index is 1.96. The summed E-state index contributed by atoms with van der Waals surface area (Å²) in [7, 11) is -0.266. The molecule has 3 nitrogen and oxygen atoms in total. The summed E-state index contributed by atoms with van der Waals surface area (Å²) in [6.07, 6.45) is 0.940. The molecule has 0 saturated carbocycles. The van der Waals surface area contributed by atoms with E-state index in [1.165, 1.54) is 16.6 Å². The third kappa shape index (κ3) is 2.12. The second kappa shape index (κ2) is 4.34. The molecule has 0 bridgehead atoms. The van der Waals surface area contributed by atoms with Crippen molar-refractivity contribution in [2.75, 3.05) is 6.61 Å². The number of ether oxygens (including phenoxy) is 1. The first kappa shape index (κ1) is 13.2. The molecular weight excluding hydrogens is 239 g/mol. The van der Waals surface area contributed by atoms with Crippen LogP contribution in [0.15, 0.2) is 18.2 Å². The summed E-state index contributed by atoms with van der Waals surface area (Å²) in [6, 6.07) is 6.31. The van der Waals surface area contributed by atoms with Crippen molar-refractivity contribution in [1.82, 2.24) is 0 Å². The van der Waals surface area contributed by atoms with Gasteiger partial charge >= 0.3 is 7.12 Å². The van der Waals surface area contributed by atoms with Gasteiger partial charge in [-0.15, -0.1) is 0 Å². The molecule has 0 spiro atoms. The molecule has 1 saturated heterocycles. The number of hydrogen-bond acceptors (Lipinski definition) is 3. The fourth-order valence-corrected chi connectivity index (χ4v) is 2.64. The fraction of sp³-hybridized carbons (Fsp3) is 0.600. The first-order valence-electron chi connectivity index (χ1n) is 6.95. The predicted molar refractivity (Wildman–Crippen MR) is 75.5 cm³/mol. The van der Waals surface area contributed by atoms with Crippen LogP contribution in [0.4, 0.5) is 0 Å². The molecule has 0 atom stereocenters. The minimum absolute atomic E-state index is 0.266. The molecular formula is C15H21BO3. The second-order valence-electron chi connectivity index (χ2n) is 6.38. The van der Waals surface area contributed by atoms with Gasteiger partial charge in [-0.05, 0) is 50.7 Å². The maximum atomic E-state index is 6.15. The van der Waals surface area contributed by atoms with Crippen molar-refractivity contribution in [3.8, 4) is 0 Å². The molecule has 0 unspecified atom stereocenters. The lowest BCUT2D eigenvalue weighted by atomic mass is 9.73. The summed E-state index contributed by atoms with van der Waals surface area (Å²) in [5.41, 5.74) is 3.20. The van der Waals surface area contributed by atoms with Gasteiger partial charge in [-0.3, -0.25) is 0 Å². The smallest absolute Gasteiger partial charge is 0.399 e. The molecule has 0 aliphatic carbocycles. The number of fused-ring (bicyclic) bond motifs is 1. The fourth-order valence-electron chi connectivity index (χ4n) is 2.64. The Hall–Kier alpha value is -0.835. The zero-order valence-electron chi connectivity index (χ0n) is 12.2. The zero-order valence-corrected chi connectivity index (χ0v) is 12.2. The molecule has 4 heteroatoms. The van der Waals surface area contributed by atoms with Gasteiger partial charge in [-0.25, -0.2) is 0 Å². The highest BCUT2D eigenvalue weighted by Crippen LogP contribution is 2.37. The van der Waals surface area contributed by atoms with Crippen LogP contribution in [-0.4, -0.2) is 24.9 Å². The van der Waals surface area contributed by atoms with Crippen LogP contribution >= 0.6 is 0 Å². The van der Waals surface area contributed by atoms with Gasteiger partial charge in [0.15, 0.2) is 0 Å². The molecule has 2 aliphatic heterocycles. The molecule has 3 rings (SSSR count). The van der Waals surface area contributed by atoms with Crippen LogP contribution in [0, 0.1) is 0 Å². The van der Waals surface area contributed by atoms with E-state index in [9.17, 15) is 0 Å². The Kier molecular flexibility index (Phi) is 3.00. The van der Waals surface area contributed by atoms with E-state index < -0.39 is 0 Å². The average Bonchev–Trinajstić information content (AvgIpc) is 2.58. The molecule has 1 fully saturated rings. The van der Waals surface area contributed by atoms with Crippen LogP contribution in [0.3, 0.4) is 0 Å². The lowest BCUT2D eigenvalue weighted by molar-refractivity contribution is 0.00578. The van der Waals surface area contributed by atoms with Crippen LogP contribution in [0.1, 0.15) is 38.8 Å². The van der Waals surface area contributed by atoms with Crippen LogP contribution < -0.4 is 5.46 Å². The van der Waals surface area contributed by atoms with Gasteiger partial charge in [0.25, 0.3) is 0 Å². The Morgan fingerprint density at radius 2 is 1.74 bits per heavy atom. The highest BCUT2D eigenvalue weighted by Gasteiger charge is 2.52. The monoisotopic (exact) mass is 260 g/mol. The van der Waals surface area contributed by atoms with Crippen molar-refractivity contribution >= 4 is 12.6 Å². The summed E-state index contributed by atoms with van der Waals surface area (Å²) in [5.74, 6) is 0. The van der Waals surface area contributed by atoms with Crippen LogP contribution in [0.25, 0.3) is 0 Å². The van der Waals surface area contributed by atoms with Crippen molar-refractivity contribution in [3.05, 3.63) is 29.3 Å². The van der Waals surface area contributed by atoms with Gasteiger partial charge in [-0.2, -0.15) is 0 Å². The zero-order chi connectivity index (χ0) is 13.7. The molecule has 2 heterocycles. The number of rotatable bonds is 1. The number of benzene rings is 1. The lowest BCUT2D eigenvalue weighted by Crippen LogP contribution is -2.41. The molecule has 1 aromatic rings. The molecule has 102 valence electrons. The largest absolute Gasteiger partial charge is 0.495 e. The summed E-state index contributed by atoms with van der Waals surface area (Å²) < 4.78 is 17.8. The first-order chi connectivity index (χ1) is 8.91. The quantitative estimate of drug-likeness (QED) is 0.723. The van der Waals surface area contributed by atoms with Crippen molar-refractivity contribution < 1.29 is 14.0 Å². The maximum Gasteiger partial charge on any atom is 0.495 e. The molecule has 0 radical (unpaired) electrons. The Bertz CT molecular complexity index is 480. The van der Waals surface area contributed by atoms with Crippen LogP contribution in [-0.2, 0) is 27.1 Å². The van der Waals surface area contributed by atoms with Crippen LogP contribution in [0.2, 0.25) is 0 Å². The van der Waals surface area contributed by atoms with Crippen molar-refractivity contribution in [1.29, 1.82) is 0 Å². The minimum Gasteiger partial charge on any atom is -0.399 e. The third-order valence-electron chi connectivity index (χ3n) is 4.57. The van der Waals surface area contributed by atoms with Crippen molar-refractivity contribution in [2.24, 2.45) is 0 Å². The van der Waals surface area contributed by atoms with E-state index in [4.69, 9.17) is 14.0 Å². The van der Waals surface area contributed by atoms with Gasteiger partial charge in [-0.1, -0.05) is 18.2 Å². The Morgan fingerprint density at radius 1 is 1.05 bits per heavy atom. The number of hydrogen-bond donors (Lipinski definition) is 0. The van der Waals surface area contributed by atoms with E-state index in [1.807, 2.05) is 0 Å². The molecule has 2 aliphatic rings. The molecule has 0 amide bonds. The minimum atomic E-state index is -0.286.